The van der Waals surface area contributed by atoms with Gasteiger partial charge in [-0.3, -0.25) is 0 Å². The summed E-state index contributed by atoms with van der Waals surface area (Å²) in [6.07, 6.45) is 3.97. The Balaban J connectivity index is 0.00000200. The topological polar surface area (TPSA) is 58.2 Å². The molecular formula is C14H23ClN2O2S. The van der Waals surface area contributed by atoms with Crippen molar-refractivity contribution in [3.8, 4) is 0 Å². The van der Waals surface area contributed by atoms with Gasteiger partial charge in [-0.05, 0) is 43.5 Å². The van der Waals surface area contributed by atoms with Gasteiger partial charge in [0.1, 0.15) is 0 Å². The summed E-state index contributed by atoms with van der Waals surface area (Å²) in [6.45, 7) is 3.80. The van der Waals surface area contributed by atoms with E-state index in [0.29, 0.717) is 11.4 Å². The van der Waals surface area contributed by atoms with Crippen molar-refractivity contribution >= 4 is 22.4 Å². The summed E-state index contributed by atoms with van der Waals surface area (Å²) in [5, 5.41) is 3.21. The molecule has 1 aromatic rings. The van der Waals surface area contributed by atoms with Crippen LogP contribution in [0.25, 0.3) is 0 Å². The summed E-state index contributed by atoms with van der Waals surface area (Å²) >= 11 is 0. The number of nitrogens with one attached hydrogen (secondary N) is 2. The van der Waals surface area contributed by atoms with E-state index in [1.54, 1.807) is 12.1 Å². The molecule has 1 aromatic carbocycles. The van der Waals surface area contributed by atoms with Crippen LogP contribution in [0.15, 0.2) is 29.2 Å². The Morgan fingerprint density at radius 3 is 2.55 bits per heavy atom. The highest BCUT2D eigenvalue weighted by molar-refractivity contribution is 7.89. The van der Waals surface area contributed by atoms with Gasteiger partial charge < -0.3 is 5.32 Å². The number of benzene rings is 1. The van der Waals surface area contributed by atoms with Gasteiger partial charge in [-0.15, -0.1) is 12.4 Å². The summed E-state index contributed by atoms with van der Waals surface area (Å²) in [5.41, 5.74) is 1.18. The lowest BCUT2D eigenvalue weighted by atomic mass is 10.1. The number of halogens is 1. The van der Waals surface area contributed by atoms with Gasteiger partial charge in [-0.25, -0.2) is 13.1 Å². The first-order valence-corrected chi connectivity index (χ1v) is 8.42. The monoisotopic (exact) mass is 318 g/mol. The Labute approximate surface area is 127 Å². The van der Waals surface area contributed by atoms with Gasteiger partial charge in [0, 0.05) is 12.6 Å². The van der Waals surface area contributed by atoms with E-state index in [2.05, 4.69) is 17.0 Å². The van der Waals surface area contributed by atoms with E-state index in [-0.39, 0.29) is 18.4 Å². The number of sulfonamides is 1. The van der Waals surface area contributed by atoms with Crippen molar-refractivity contribution in [2.75, 3.05) is 13.1 Å². The fraction of sp³-hybridized carbons (Fsp3) is 0.571. The lowest BCUT2D eigenvalue weighted by Crippen LogP contribution is -2.45. The minimum atomic E-state index is -3.38. The highest BCUT2D eigenvalue weighted by Crippen LogP contribution is 2.13. The van der Waals surface area contributed by atoms with Crippen molar-refractivity contribution in [1.29, 1.82) is 0 Å². The third kappa shape index (κ3) is 4.74. The standard InChI is InChI=1S/C14H22N2O2S.ClH/c1-2-4-12-6-8-14(9-7-12)19(17,18)16-13-5-3-10-15-11-13;/h6-9,13,15-16H,2-5,10-11H2,1H3;1H/t13-;/m0./s1. The van der Waals surface area contributed by atoms with E-state index in [0.717, 1.165) is 32.2 Å². The van der Waals surface area contributed by atoms with Gasteiger partial charge in [-0.2, -0.15) is 0 Å². The maximum Gasteiger partial charge on any atom is 0.240 e. The van der Waals surface area contributed by atoms with Crippen LogP contribution in [0.2, 0.25) is 0 Å². The predicted molar refractivity (Wildman–Crippen MR) is 83.9 cm³/mol. The Morgan fingerprint density at radius 2 is 2.00 bits per heavy atom. The van der Waals surface area contributed by atoms with Gasteiger partial charge in [-0.1, -0.05) is 25.5 Å². The Morgan fingerprint density at radius 1 is 1.30 bits per heavy atom. The van der Waals surface area contributed by atoms with Gasteiger partial charge in [0.2, 0.25) is 10.0 Å². The minimum absolute atomic E-state index is 0. The molecule has 114 valence electrons. The lowest BCUT2D eigenvalue weighted by Gasteiger charge is -2.23. The number of aryl methyl sites for hydroxylation is 1. The van der Waals surface area contributed by atoms with E-state index in [1.165, 1.54) is 5.56 Å². The van der Waals surface area contributed by atoms with Crippen molar-refractivity contribution in [1.82, 2.24) is 10.0 Å². The maximum absolute atomic E-state index is 12.2. The van der Waals surface area contributed by atoms with Crippen LogP contribution in [-0.2, 0) is 16.4 Å². The molecule has 4 nitrogen and oxygen atoms in total. The van der Waals surface area contributed by atoms with Crippen LogP contribution in [0, 0.1) is 0 Å². The summed E-state index contributed by atoms with van der Waals surface area (Å²) in [4.78, 5) is 0.359. The summed E-state index contributed by atoms with van der Waals surface area (Å²) in [6, 6.07) is 7.20. The van der Waals surface area contributed by atoms with Crippen LogP contribution in [0.5, 0.6) is 0 Å². The van der Waals surface area contributed by atoms with Gasteiger partial charge in [0.05, 0.1) is 4.90 Å². The zero-order valence-corrected chi connectivity index (χ0v) is 13.4. The van der Waals surface area contributed by atoms with E-state index in [9.17, 15) is 8.42 Å². The van der Waals surface area contributed by atoms with Gasteiger partial charge in [0.15, 0.2) is 0 Å². The molecule has 6 heteroatoms. The molecule has 1 aliphatic rings. The smallest absolute Gasteiger partial charge is 0.240 e. The third-order valence-electron chi connectivity index (χ3n) is 3.39. The number of hydrogen-bond acceptors (Lipinski definition) is 3. The van der Waals surface area contributed by atoms with Gasteiger partial charge in [0.25, 0.3) is 0 Å². The number of rotatable bonds is 5. The van der Waals surface area contributed by atoms with E-state index >= 15 is 0 Å². The zero-order valence-electron chi connectivity index (χ0n) is 11.8. The molecule has 0 aromatic heterocycles. The molecule has 2 rings (SSSR count). The molecule has 2 N–H and O–H groups in total. The minimum Gasteiger partial charge on any atom is -0.315 e. The quantitative estimate of drug-likeness (QED) is 0.874. The Bertz CT molecular complexity index is 496. The van der Waals surface area contributed by atoms with Crippen LogP contribution < -0.4 is 10.0 Å². The summed E-state index contributed by atoms with van der Waals surface area (Å²) < 4.78 is 27.2. The average Bonchev–Trinajstić information content (AvgIpc) is 2.40. The number of hydrogen-bond donors (Lipinski definition) is 2. The molecule has 0 unspecified atom stereocenters. The summed E-state index contributed by atoms with van der Waals surface area (Å²) in [7, 11) is -3.38. The van der Waals surface area contributed by atoms with Crippen molar-refractivity contribution < 1.29 is 8.42 Å². The molecule has 1 fully saturated rings. The number of piperidine rings is 1. The largest absolute Gasteiger partial charge is 0.315 e. The highest BCUT2D eigenvalue weighted by Gasteiger charge is 2.21. The first-order chi connectivity index (χ1) is 9.12. The first kappa shape index (κ1) is 17.4. The second-order valence-electron chi connectivity index (χ2n) is 5.06. The average molecular weight is 319 g/mol. The Kier molecular flexibility index (Phi) is 6.95. The van der Waals surface area contributed by atoms with Crippen molar-refractivity contribution in [3.63, 3.8) is 0 Å². The van der Waals surface area contributed by atoms with Crippen molar-refractivity contribution in [3.05, 3.63) is 29.8 Å². The third-order valence-corrected chi connectivity index (χ3v) is 4.93. The van der Waals surface area contributed by atoms with Crippen LogP contribution >= 0.6 is 12.4 Å². The second-order valence-corrected chi connectivity index (χ2v) is 6.77. The molecule has 1 aliphatic heterocycles. The second kappa shape index (κ2) is 7.98. The molecule has 1 saturated heterocycles. The molecule has 0 bridgehead atoms. The fourth-order valence-electron chi connectivity index (χ4n) is 2.36. The van der Waals surface area contributed by atoms with Crippen LogP contribution in [0.3, 0.4) is 0 Å². The fourth-order valence-corrected chi connectivity index (χ4v) is 3.63. The molecular weight excluding hydrogens is 296 g/mol. The van der Waals surface area contributed by atoms with Crippen LogP contribution in [-0.4, -0.2) is 27.5 Å². The SMILES string of the molecule is CCCc1ccc(S(=O)(=O)N[C@H]2CCCNC2)cc1.Cl. The Hall–Kier alpha value is -0.620. The molecule has 0 saturated carbocycles. The molecule has 0 spiro atoms. The normalized spacial score (nSPS) is 19.4. The van der Waals surface area contributed by atoms with Crippen LogP contribution in [0.4, 0.5) is 0 Å². The molecule has 1 heterocycles. The van der Waals surface area contributed by atoms with Crippen molar-refractivity contribution in [2.45, 2.75) is 43.5 Å². The van der Waals surface area contributed by atoms with Gasteiger partial charge >= 0.3 is 0 Å². The lowest BCUT2D eigenvalue weighted by molar-refractivity contribution is 0.428. The molecule has 1 atom stereocenters. The molecule has 0 amide bonds. The maximum atomic E-state index is 12.2. The van der Waals surface area contributed by atoms with Crippen molar-refractivity contribution in [2.24, 2.45) is 0 Å². The highest BCUT2D eigenvalue weighted by atomic mass is 35.5. The first-order valence-electron chi connectivity index (χ1n) is 6.94. The molecule has 20 heavy (non-hydrogen) atoms. The van der Waals surface area contributed by atoms with E-state index in [1.807, 2.05) is 12.1 Å². The molecule has 0 aliphatic carbocycles. The predicted octanol–water partition coefficient (Wildman–Crippen LogP) is 2.09. The van der Waals surface area contributed by atoms with E-state index < -0.39 is 10.0 Å². The van der Waals surface area contributed by atoms with E-state index in [4.69, 9.17) is 0 Å². The summed E-state index contributed by atoms with van der Waals surface area (Å²) in [5.74, 6) is 0. The zero-order chi connectivity index (χ0) is 13.7. The molecule has 0 radical (unpaired) electrons. The van der Waals surface area contributed by atoms with Crippen LogP contribution in [0.1, 0.15) is 31.7 Å².